The van der Waals surface area contributed by atoms with Crippen LogP contribution in [0.1, 0.15) is 31.2 Å². The number of halogens is 2. The molecule has 2 N–H and O–H groups in total. The van der Waals surface area contributed by atoms with Gasteiger partial charge < -0.3 is 10.4 Å². The van der Waals surface area contributed by atoms with Gasteiger partial charge in [0.2, 0.25) is 0 Å². The Morgan fingerprint density at radius 3 is 3.00 bits per heavy atom. The molecule has 0 bridgehead atoms. The first-order valence-corrected chi connectivity index (χ1v) is 6.39. The Hall–Kier alpha value is -0.640. The van der Waals surface area contributed by atoms with Crippen molar-refractivity contribution in [3.63, 3.8) is 0 Å². The van der Waals surface area contributed by atoms with Crippen LogP contribution in [0.5, 0.6) is 0 Å². The largest absolute Gasteiger partial charge is 0.393 e. The molecule has 0 amide bonds. The highest BCUT2D eigenvalue weighted by atomic mass is 35.5. The molecule has 0 aromatic heterocycles. The van der Waals surface area contributed by atoms with Gasteiger partial charge in [0.15, 0.2) is 0 Å². The summed E-state index contributed by atoms with van der Waals surface area (Å²) >= 11 is 5.72. The zero-order chi connectivity index (χ0) is 12.3. The minimum Gasteiger partial charge on any atom is -0.393 e. The summed E-state index contributed by atoms with van der Waals surface area (Å²) in [5.41, 5.74) is 0.581. The highest BCUT2D eigenvalue weighted by molar-refractivity contribution is 6.30. The van der Waals surface area contributed by atoms with Crippen LogP contribution in [0.15, 0.2) is 18.2 Å². The molecule has 94 valence electrons. The van der Waals surface area contributed by atoms with E-state index in [9.17, 15) is 9.50 Å². The fourth-order valence-electron chi connectivity index (χ4n) is 2.29. The number of hydrogen-bond acceptors (Lipinski definition) is 2. The summed E-state index contributed by atoms with van der Waals surface area (Å²) in [6, 6.07) is 5.30. The van der Waals surface area contributed by atoms with Gasteiger partial charge >= 0.3 is 0 Å². The number of nitrogens with one attached hydrogen (secondary N) is 1. The van der Waals surface area contributed by atoms with E-state index < -0.39 is 0 Å². The molecule has 0 saturated heterocycles. The summed E-state index contributed by atoms with van der Waals surface area (Å²) in [4.78, 5) is 0. The second-order valence-corrected chi connectivity index (χ2v) is 5.02. The molecule has 1 aromatic rings. The third-order valence-corrected chi connectivity index (χ3v) is 3.55. The zero-order valence-corrected chi connectivity index (χ0v) is 10.4. The van der Waals surface area contributed by atoms with Crippen molar-refractivity contribution in [3.05, 3.63) is 34.6 Å². The summed E-state index contributed by atoms with van der Waals surface area (Å²) < 4.78 is 13.6. The summed E-state index contributed by atoms with van der Waals surface area (Å²) in [7, 11) is 0. The van der Waals surface area contributed by atoms with Gasteiger partial charge in [0, 0.05) is 18.2 Å². The normalized spacial score (nSPS) is 24.9. The lowest BCUT2D eigenvalue weighted by atomic mass is 9.93. The lowest BCUT2D eigenvalue weighted by Crippen LogP contribution is -2.35. The Morgan fingerprint density at radius 2 is 2.24 bits per heavy atom. The monoisotopic (exact) mass is 257 g/mol. The average Bonchev–Trinajstić information content (AvgIpc) is 2.31. The molecule has 1 saturated carbocycles. The Bertz CT molecular complexity index is 386. The van der Waals surface area contributed by atoms with Gasteiger partial charge in [0.1, 0.15) is 5.82 Å². The molecule has 1 aromatic carbocycles. The fraction of sp³-hybridized carbons (Fsp3) is 0.538. The Morgan fingerprint density at radius 1 is 1.41 bits per heavy atom. The van der Waals surface area contributed by atoms with Gasteiger partial charge in [-0.25, -0.2) is 4.39 Å². The van der Waals surface area contributed by atoms with E-state index in [4.69, 9.17) is 11.6 Å². The van der Waals surface area contributed by atoms with Gasteiger partial charge in [-0.3, -0.25) is 0 Å². The van der Waals surface area contributed by atoms with Crippen LogP contribution in [0.4, 0.5) is 4.39 Å². The lowest BCUT2D eigenvalue weighted by Gasteiger charge is -2.26. The number of rotatable bonds is 3. The summed E-state index contributed by atoms with van der Waals surface area (Å²) in [5, 5.41) is 13.0. The fourth-order valence-corrected chi connectivity index (χ4v) is 2.48. The maximum atomic E-state index is 13.6. The predicted octanol–water partition coefficient (Wildman–Crippen LogP) is 2.87. The molecule has 2 atom stereocenters. The van der Waals surface area contributed by atoms with Gasteiger partial charge in [0.25, 0.3) is 0 Å². The van der Waals surface area contributed by atoms with E-state index >= 15 is 0 Å². The number of aliphatic hydroxyl groups excluding tert-OH is 1. The van der Waals surface area contributed by atoms with E-state index in [0.717, 1.165) is 25.7 Å². The van der Waals surface area contributed by atoms with Crippen molar-refractivity contribution in [2.75, 3.05) is 0 Å². The highest BCUT2D eigenvalue weighted by Crippen LogP contribution is 2.21. The number of aliphatic hydroxyl groups is 1. The SMILES string of the molecule is OC1CCCC(NCc2cccc(Cl)c2F)C1. The molecule has 1 aliphatic rings. The Kier molecular flexibility index (Phi) is 4.37. The maximum absolute atomic E-state index is 13.6. The molecule has 0 radical (unpaired) electrons. The third kappa shape index (κ3) is 3.41. The van der Waals surface area contributed by atoms with E-state index in [0.29, 0.717) is 12.1 Å². The zero-order valence-electron chi connectivity index (χ0n) is 9.63. The first-order valence-electron chi connectivity index (χ1n) is 6.01. The lowest BCUT2D eigenvalue weighted by molar-refractivity contribution is 0.111. The quantitative estimate of drug-likeness (QED) is 0.873. The molecule has 17 heavy (non-hydrogen) atoms. The molecule has 1 fully saturated rings. The van der Waals surface area contributed by atoms with Crippen LogP contribution in [0.3, 0.4) is 0 Å². The van der Waals surface area contributed by atoms with Gasteiger partial charge in [-0.1, -0.05) is 23.7 Å². The second-order valence-electron chi connectivity index (χ2n) is 4.61. The molecule has 2 unspecified atom stereocenters. The van der Waals surface area contributed by atoms with Crippen molar-refractivity contribution in [1.82, 2.24) is 5.32 Å². The van der Waals surface area contributed by atoms with Gasteiger partial charge in [-0.15, -0.1) is 0 Å². The van der Waals surface area contributed by atoms with Crippen LogP contribution in [-0.4, -0.2) is 17.3 Å². The molecule has 4 heteroatoms. The molecule has 0 aliphatic heterocycles. The summed E-state index contributed by atoms with van der Waals surface area (Å²) in [5.74, 6) is -0.349. The molecule has 2 rings (SSSR count). The van der Waals surface area contributed by atoms with Crippen LogP contribution in [0.2, 0.25) is 5.02 Å². The first kappa shape index (κ1) is 12.8. The van der Waals surface area contributed by atoms with E-state index in [2.05, 4.69) is 5.32 Å². The number of hydrogen-bond donors (Lipinski definition) is 2. The Balaban J connectivity index is 1.91. The Labute approximate surface area is 106 Å². The summed E-state index contributed by atoms with van der Waals surface area (Å²) in [6.07, 6.45) is 3.48. The van der Waals surface area contributed by atoms with Gasteiger partial charge in [0.05, 0.1) is 11.1 Å². The molecule has 1 aliphatic carbocycles. The molecule has 0 spiro atoms. The first-order chi connectivity index (χ1) is 8.16. The summed E-state index contributed by atoms with van der Waals surface area (Å²) in [6.45, 7) is 0.462. The van der Waals surface area contributed by atoms with Crippen molar-refractivity contribution in [2.24, 2.45) is 0 Å². The molecule has 2 nitrogen and oxygen atoms in total. The van der Waals surface area contributed by atoms with E-state index in [1.54, 1.807) is 18.2 Å². The van der Waals surface area contributed by atoms with E-state index in [-0.39, 0.29) is 23.0 Å². The van der Waals surface area contributed by atoms with Crippen LogP contribution in [0.25, 0.3) is 0 Å². The smallest absolute Gasteiger partial charge is 0.146 e. The molecular weight excluding hydrogens is 241 g/mol. The van der Waals surface area contributed by atoms with Crippen LogP contribution in [0, 0.1) is 5.82 Å². The molecule has 0 heterocycles. The predicted molar refractivity (Wildman–Crippen MR) is 66.5 cm³/mol. The van der Waals surface area contributed by atoms with Crippen molar-refractivity contribution in [2.45, 2.75) is 44.4 Å². The topological polar surface area (TPSA) is 32.3 Å². The number of benzene rings is 1. The van der Waals surface area contributed by atoms with Crippen molar-refractivity contribution in [1.29, 1.82) is 0 Å². The van der Waals surface area contributed by atoms with Crippen molar-refractivity contribution < 1.29 is 9.50 Å². The maximum Gasteiger partial charge on any atom is 0.146 e. The molecular formula is C13H17ClFNO. The van der Waals surface area contributed by atoms with Crippen molar-refractivity contribution >= 4 is 11.6 Å². The van der Waals surface area contributed by atoms with Gasteiger partial charge in [-0.05, 0) is 31.7 Å². The van der Waals surface area contributed by atoms with Gasteiger partial charge in [-0.2, -0.15) is 0 Å². The average molecular weight is 258 g/mol. The third-order valence-electron chi connectivity index (χ3n) is 3.26. The minimum atomic E-state index is -0.349. The van der Waals surface area contributed by atoms with Crippen LogP contribution >= 0.6 is 11.6 Å². The minimum absolute atomic E-state index is 0.160. The highest BCUT2D eigenvalue weighted by Gasteiger charge is 2.19. The second kappa shape index (κ2) is 5.80. The van der Waals surface area contributed by atoms with Crippen LogP contribution in [-0.2, 0) is 6.54 Å². The van der Waals surface area contributed by atoms with E-state index in [1.807, 2.05) is 0 Å². The van der Waals surface area contributed by atoms with Crippen LogP contribution < -0.4 is 5.32 Å². The van der Waals surface area contributed by atoms with E-state index in [1.165, 1.54) is 0 Å². The standard InChI is InChI=1S/C13H17ClFNO/c14-12-6-1-3-9(13(12)15)8-16-10-4-2-5-11(17)7-10/h1,3,6,10-11,16-17H,2,4-5,7-8H2. The van der Waals surface area contributed by atoms with Crippen molar-refractivity contribution in [3.8, 4) is 0 Å².